The van der Waals surface area contributed by atoms with Gasteiger partial charge in [0.15, 0.2) is 0 Å². The van der Waals surface area contributed by atoms with E-state index in [9.17, 15) is 8.78 Å². The number of hydrogen-bond acceptors (Lipinski definition) is 1. The molecule has 2 N–H and O–H groups in total. The van der Waals surface area contributed by atoms with Crippen LogP contribution < -0.4 is 5.32 Å². The van der Waals surface area contributed by atoms with Crippen LogP contribution in [0, 0.1) is 11.6 Å². The Labute approximate surface area is 121 Å². The van der Waals surface area contributed by atoms with E-state index in [2.05, 4.69) is 10.3 Å². The van der Waals surface area contributed by atoms with Gasteiger partial charge in [-0.15, -0.1) is 0 Å². The Hall–Kier alpha value is -2.20. The first kappa shape index (κ1) is 13.8. The van der Waals surface area contributed by atoms with Gasteiger partial charge in [0.05, 0.1) is 0 Å². The van der Waals surface area contributed by atoms with Gasteiger partial charge in [0.1, 0.15) is 11.6 Å². The van der Waals surface area contributed by atoms with Crippen LogP contribution in [-0.4, -0.2) is 4.98 Å². The molecule has 0 aliphatic carbocycles. The highest BCUT2D eigenvalue weighted by molar-refractivity contribution is 5.79. The smallest absolute Gasteiger partial charge is 0.130 e. The fourth-order valence-corrected chi connectivity index (χ4v) is 2.50. The van der Waals surface area contributed by atoms with Crippen molar-refractivity contribution in [2.45, 2.75) is 19.5 Å². The molecule has 1 unspecified atom stereocenters. The van der Waals surface area contributed by atoms with E-state index >= 15 is 0 Å². The van der Waals surface area contributed by atoms with Crippen molar-refractivity contribution in [3.63, 3.8) is 0 Å². The third kappa shape index (κ3) is 2.81. The second-order valence-corrected chi connectivity index (χ2v) is 5.14. The van der Waals surface area contributed by atoms with Gasteiger partial charge in [0, 0.05) is 29.9 Å². The summed E-state index contributed by atoms with van der Waals surface area (Å²) in [6.45, 7) is 2.30. The van der Waals surface area contributed by atoms with Crippen LogP contribution in [0.2, 0.25) is 0 Å². The molecule has 21 heavy (non-hydrogen) atoms. The maximum absolute atomic E-state index is 13.7. The van der Waals surface area contributed by atoms with Crippen LogP contribution in [0.5, 0.6) is 0 Å². The van der Waals surface area contributed by atoms with Gasteiger partial charge < -0.3 is 10.3 Å². The van der Waals surface area contributed by atoms with Gasteiger partial charge in [0.2, 0.25) is 0 Å². The van der Waals surface area contributed by atoms with Gasteiger partial charge >= 0.3 is 0 Å². The van der Waals surface area contributed by atoms with Crippen molar-refractivity contribution in [3.05, 3.63) is 71.4 Å². The Morgan fingerprint density at radius 2 is 1.86 bits per heavy atom. The number of halogens is 2. The Morgan fingerprint density at radius 1 is 1.10 bits per heavy atom. The Kier molecular flexibility index (Phi) is 3.71. The average molecular weight is 286 g/mol. The van der Waals surface area contributed by atoms with Gasteiger partial charge in [-0.3, -0.25) is 0 Å². The molecule has 0 saturated heterocycles. The summed E-state index contributed by atoms with van der Waals surface area (Å²) in [7, 11) is 0. The van der Waals surface area contributed by atoms with E-state index in [1.165, 1.54) is 18.2 Å². The van der Waals surface area contributed by atoms with Gasteiger partial charge in [-0.05, 0) is 42.1 Å². The SMILES string of the molecule is CC(NCc1ccc2cc[nH]c2c1)c1c(F)cccc1F. The number of hydrogen-bond donors (Lipinski definition) is 2. The lowest BCUT2D eigenvalue weighted by molar-refractivity contribution is 0.487. The molecule has 0 fully saturated rings. The molecule has 0 aliphatic rings. The van der Waals surface area contributed by atoms with E-state index in [1.807, 2.05) is 30.5 Å². The molecule has 1 heterocycles. The normalized spacial score (nSPS) is 12.7. The van der Waals surface area contributed by atoms with E-state index in [4.69, 9.17) is 0 Å². The van der Waals surface area contributed by atoms with Crippen LogP contribution in [0.15, 0.2) is 48.7 Å². The predicted molar refractivity (Wildman–Crippen MR) is 79.9 cm³/mol. The second kappa shape index (κ2) is 5.66. The van der Waals surface area contributed by atoms with Crippen LogP contribution in [0.4, 0.5) is 8.78 Å². The average Bonchev–Trinajstić information content (AvgIpc) is 2.92. The topological polar surface area (TPSA) is 27.8 Å². The Bertz CT molecular complexity index is 744. The molecule has 0 aliphatic heterocycles. The summed E-state index contributed by atoms with van der Waals surface area (Å²) in [4.78, 5) is 3.15. The van der Waals surface area contributed by atoms with Crippen molar-refractivity contribution in [2.75, 3.05) is 0 Å². The molecule has 0 bridgehead atoms. The number of fused-ring (bicyclic) bond motifs is 1. The number of benzene rings is 2. The molecule has 1 atom stereocenters. The zero-order valence-electron chi connectivity index (χ0n) is 11.7. The summed E-state index contributed by atoms with van der Waals surface area (Å²) >= 11 is 0. The lowest BCUT2D eigenvalue weighted by atomic mass is 10.1. The fraction of sp³-hybridized carbons (Fsp3) is 0.176. The lowest BCUT2D eigenvalue weighted by Crippen LogP contribution is -2.20. The minimum absolute atomic E-state index is 0.0819. The Balaban J connectivity index is 1.74. The summed E-state index contributed by atoms with van der Waals surface area (Å²) < 4.78 is 27.4. The van der Waals surface area contributed by atoms with E-state index in [0.717, 1.165) is 16.5 Å². The highest BCUT2D eigenvalue weighted by atomic mass is 19.1. The molecule has 3 aromatic rings. The third-order valence-corrected chi connectivity index (χ3v) is 3.66. The van der Waals surface area contributed by atoms with Gasteiger partial charge in [0.25, 0.3) is 0 Å². The predicted octanol–water partition coefficient (Wildman–Crippen LogP) is 4.30. The summed E-state index contributed by atoms with van der Waals surface area (Å²) in [5.41, 5.74) is 2.20. The summed E-state index contributed by atoms with van der Waals surface area (Å²) in [6, 6.07) is 11.6. The number of nitrogens with one attached hydrogen (secondary N) is 2. The lowest BCUT2D eigenvalue weighted by Gasteiger charge is -2.16. The van der Waals surface area contributed by atoms with E-state index in [0.29, 0.717) is 6.54 Å². The number of rotatable bonds is 4. The third-order valence-electron chi connectivity index (χ3n) is 3.66. The van der Waals surface area contributed by atoms with Gasteiger partial charge in [-0.2, -0.15) is 0 Å². The van der Waals surface area contributed by atoms with Gasteiger partial charge in [-0.1, -0.05) is 18.2 Å². The maximum Gasteiger partial charge on any atom is 0.130 e. The molecule has 108 valence electrons. The monoisotopic (exact) mass is 286 g/mol. The molecule has 2 nitrogen and oxygen atoms in total. The largest absolute Gasteiger partial charge is 0.361 e. The molecule has 0 radical (unpaired) electrons. The molecule has 0 amide bonds. The van der Waals surface area contributed by atoms with Crippen LogP contribution in [0.25, 0.3) is 10.9 Å². The first-order chi connectivity index (χ1) is 10.1. The molecular weight excluding hydrogens is 270 g/mol. The van der Waals surface area contributed by atoms with Crippen LogP contribution >= 0.6 is 0 Å². The maximum atomic E-state index is 13.7. The highest BCUT2D eigenvalue weighted by Gasteiger charge is 2.15. The zero-order valence-corrected chi connectivity index (χ0v) is 11.7. The fourth-order valence-electron chi connectivity index (χ4n) is 2.50. The number of H-pyrrole nitrogens is 1. The molecule has 1 aromatic heterocycles. The minimum Gasteiger partial charge on any atom is -0.361 e. The summed E-state index contributed by atoms with van der Waals surface area (Å²) in [5, 5.41) is 4.31. The second-order valence-electron chi connectivity index (χ2n) is 5.14. The molecule has 4 heteroatoms. The molecular formula is C17H16F2N2. The van der Waals surface area contributed by atoms with Gasteiger partial charge in [-0.25, -0.2) is 8.78 Å². The van der Waals surface area contributed by atoms with Crippen molar-refractivity contribution >= 4 is 10.9 Å². The molecule has 0 spiro atoms. The molecule has 2 aromatic carbocycles. The number of aromatic amines is 1. The van der Waals surface area contributed by atoms with Crippen LogP contribution in [0.1, 0.15) is 24.1 Å². The highest BCUT2D eigenvalue weighted by Crippen LogP contribution is 2.21. The van der Waals surface area contributed by atoms with Crippen LogP contribution in [-0.2, 0) is 6.54 Å². The van der Waals surface area contributed by atoms with E-state index < -0.39 is 17.7 Å². The summed E-state index contributed by atoms with van der Waals surface area (Å²) in [6.07, 6.45) is 1.89. The number of aromatic nitrogens is 1. The first-order valence-electron chi connectivity index (χ1n) is 6.88. The molecule has 3 rings (SSSR count). The van der Waals surface area contributed by atoms with E-state index in [1.54, 1.807) is 6.92 Å². The Morgan fingerprint density at radius 3 is 2.62 bits per heavy atom. The standard InChI is InChI=1S/C17H16F2N2/c1-11(17-14(18)3-2-4-15(17)19)21-10-12-5-6-13-7-8-20-16(13)9-12/h2-9,11,20-21H,10H2,1H3. The first-order valence-corrected chi connectivity index (χ1v) is 6.88. The van der Waals surface area contributed by atoms with E-state index in [-0.39, 0.29) is 5.56 Å². The molecule has 0 saturated carbocycles. The van der Waals surface area contributed by atoms with Crippen molar-refractivity contribution in [1.82, 2.24) is 10.3 Å². The minimum atomic E-state index is -0.519. The zero-order chi connectivity index (χ0) is 14.8. The van der Waals surface area contributed by atoms with Crippen molar-refractivity contribution in [2.24, 2.45) is 0 Å². The van der Waals surface area contributed by atoms with Crippen LogP contribution in [0.3, 0.4) is 0 Å². The summed E-state index contributed by atoms with van der Waals surface area (Å²) in [5.74, 6) is -1.04. The van der Waals surface area contributed by atoms with Crippen molar-refractivity contribution in [1.29, 1.82) is 0 Å². The quantitative estimate of drug-likeness (QED) is 0.735. The van der Waals surface area contributed by atoms with Crippen molar-refractivity contribution in [3.8, 4) is 0 Å². The van der Waals surface area contributed by atoms with Crippen molar-refractivity contribution < 1.29 is 8.78 Å².